The van der Waals surface area contributed by atoms with Crippen molar-refractivity contribution in [3.63, 3.8) is 0 Å². The van der Waals surface area contributed by atoms with Gasteiger partial charge in [-0.3, -0.25) is 4.79 Å². The number of ketones is 1. The summed E-state index contributed by atoms with van der Waals surface area (Å²) >= 11 is 0. The Balaban J connectivity index is 1.84. The number of carbonyl (C=O) groups is 1. The van der Waals surface area contributed by atoms with E-state index in [2.05, 4.69) is 0 Å². The van der Waals surface area contributed by atoms with Crippen LogP contribution in [0.2, 0.25) is 0 Å². The van der Waals surface area contributed by atoms with E-state index in [9.17, 15) is 4.79 Å². The Bertz CT molecular complexity index is 1120. The van der Waals surface area contributed by atoms with Gasteiger partial charge in [0, 0.05) is 28.5 Å². The molecule has 2 aromatic rings. The zero-order chi connectivity index (χ0) is 21.1. The number of ether oxygens (including phenoxy) is 1. The number of hydrogen-bond acceptors (Lipinski definition) is 2. The van der Waals surface area contributed by atoms with Crippen LogP contribution in [0.4, 0.5) is 8.63 Å². The third kappa shape index (κ3) is 2.87. The van der Waals surface area contributed by atoms with E-state index in [0.29, 0.717) is 39.5 Å². The van der Waals surface area contributed by atoms with Gasteiger partial charge in [0.25, 0.3) is 0 Å². The van der Waals surface area contributed by atoms with Gasteiger partial charge in [0.05, 0.1) is 12.7 Å². The Morgan fingerprint density at radius 3 is 2.34 bits per heavy atom. The van der Waals surface area contributed by atoms with Crippen molar-refractivity contribution in [2.75, 3.05) is 7.11 Å². The minimum atomic E-state index is -4.15. The van der Waals surface area contributed by atoms with Crippen molar-refractivity contribution >= 4 is 25.0 Å². The lowest BCUT2D eigenvalue weighted by Gasteiger charge is -2.30. The third-order valence-electron chi connectivity index (χ3n) is 5.53. The Morgan fingerprint density at radius 1 is 1.10 bits per heavy atom. The first-order valence-corrected chi connectivity index (χ1v) is 9.55. The minimum absolute atomic E-state index is 0.142. The molecule has 1 aromatic heterocycles. The molecule has 0 N–H and O–H groups in total. The molecule has 0 aliphatic carbocycles. The van der Waals surface area contributed by atoms with Crippen molar-refractivity contribution in [1.82, 2.24) is 4.48 Å². The Hall–Kier alpha value is -2.96. The molecule has 29 heavy (non-hydrogen) atoms. The molecule has 0 fully saturated rings. The summed E-state index contributed by atoms with van der Waals surface area (Å²) in [6, 6.07) is 10.4. The van der Waals surface area contributed by atoms with E-state index >= 15 is 8.63 Å². The molecule has 4 rings (SSSR count). The molecule has 3 heterocycles. The number of Topliss-reactive ketones (excluding diaryl/α,β-unsaturated/α-hetero) is 1. The van der Waals surface area contributed by atoms with Gasteiger partial charge in [-0.05, 0) is 48.9 Å². The number of methoxy groups -OCH3 is 1. The van der Waals surface area contributed by atoms with Gasteiger partial charge in [-0.1, -0.05) is 20.8 Å². The molecule has 1 aromatic carbocycles. The monoisotopic (exact) mass is 396 g/mol. The Kier molecular flexibility index (Phi) is 4.19. The zero-order valence-electron chi connectivity index (χ0n) is 17.2. The first kappa shape index (κ1) is 19.4. The Morgan fingerprint density at radius 2 is 1.76 bits per heavy atom. The van der Waals surface area contributed by atoms with E-state index in [1.54, 1.807) is 77.3 Å². The molecule has 7 heteroatoms. The fourth-order valence-corrected chi connectivity index (χ4v) is 3.90. The highest BCUT2D eigenvalue weighted by Gasteiger charge is 2.53. The maximum Gasteiger partial charge on any atom is 0.737 e. The van der Waals surface area contributed by atoms with E-state index < -0.39 is 12.4 Å². The maximum absolute atomic E-state index is 15.7. The summed E-state index contributed by atoms with van der Waals surface area (Å²) in [6.07, 6.45) is 3.04. The molecule has 2 aliphatic heterocycles. The molecular weight excluding hydrogens is 373 g/mol. The van der Waals surface area contributed by atoms with E-state index in [0.717, 1.165) is 8.96 Å². The fraction of sp³-hybridized carbons (Fsp3) is 0.273. The summed E-state index contributed by atoms with van der Waals surface area (Å²) in [6.45, 7) is 2.97. The molecule has 0 spiro atoms. The molecule has 0 bridgehead atoms. The van der Waals surface area contributed by atoms with Gasteiger partial charge in [0.15, 0.2) is 11.5 Å². The van der Waals surface area contributed by atoms with Crippen LogP contribution in [0, 0.1) is 5.41 Å². The first-order valence-electron chi connectivity index (χ1n) is 9.55. The third-order valence-corrected chi connectivity index (χ3v) is 5.53. The molecular formula is C22H23BF2N2O2. The van der Waals surface area contributed by atoms with Gasteiger partial charge in [-0.25, -0.2) is 0 Å². The van der Waals surface area contributed by atoms with Gasteiger partial charge in [0.1, 0.15) is 12.0 Å². The minimum Gasteiger partial charge on any atom is -0.497 e. The number of rotatable bonds is 3. The normalized spacial score (nSPS) is 17.5. The second kappa shape index (κ2) is 6.27. The van der Waals surface area contributed by atoms with Crippen LogP contribution in [-0.4, -0.2) is 35.0 Å². The average Bonchev–Trinajstić information content (AvgIpc) is 3.24. The van der Waals surface area contributed by atoms with Crippen LogP contribution in [0.25, 0.3) is 17.3 Å². The summed E-state index contributed by atoms with van der Waals surface area (Å²) in [4.78, 5) is 12.8. The standard InChI is InChI=1S/C22H23BF2N2O2/c1-14-18(21(28)22(2,3)4)13-26-20(14)12-16-8-11-19(27(16)23(26,24)25)15-6-9-17(29-5)10-7-15/h6-13H,1-5H3. The van der Waals surface area contributed by atoms with Gasteiger partial charge in [-0.15, -0.1) is 0 Å². The highest BCUT2D eigenvalue weighted by atomic mass is 19.2. The average molecular weight is 396 g/mol. The number of fused-ring (bicyclic) bond motifs is 2. The second-order valence-electron chi connectivity index (χ2n) is 8.51. The van der Waals surface area contributed by atoms with Gasteiger partial charge in [0.2, 0.25) is 0 Å². The van der Waals surface area contributed by atoms with Crippen LogP contribution in [0.3, 0.4) is 0 Å². The summed E-state index contributed by atoms with van der Waals surface area (Å²) in [5, 5.41) is 0. The summed E-state index contributed by atoms with van der Waals surface area (Å²) in [5.74, 6) is 0.522. The van der Waals surface area contributed by atoms with Crippen LogP contribution < -0.4 is 4.74 Å². The highest BCUT2D eigenvalue weighted by Crippen LogP contribution is 2.39. The molecule has 0 radical (unpaired) electrons. The van der Waals surface area contributed by atoms with Crippen molar-refractivity contribution in [1.29, 1.82) is 0 Å². The second-order valence-corrected chi connectivity index (χ2v) is 8.51. The fourth-order valence-electron chi connectivity index (χ4n) is 3.90. The molecule has 150 valence electrons. The first-order chi connectivity index (χ1) is 13.6. The van der Waals surface area contributed by atoms with Crippen LogP contribution in [-0.2, 0) is 4.79 Å². The van der Waals surface area contributed by atoms with Crippen molar-refractivity contribution in [3.8, 4) is 17.0 Å². The maximum atomic E-state index is 15.7. The molecule has 2 aliphatic rings. The quantitative estimate of drug-likeness (QED) is 0.701. The number of allylic oxidation sites excluding steroid dienone is 2. The van der Waals surface area contributed by atoms with Crippen molar-refractivity contribution in [2.24, 2.45) is 5.41 Å². The summed E-state index contributed by atoms with van der Waals surface area (Å²) < 4.78 is 38.6. The summed E-state index contributed by atoms with van der Waals surface area (Å²) in [7, 11) is 1.56. The number of carbonyl (C=O) groups excluding carboxylic acids is 1. The topological polar surface area (TPSA) is 34.2 Å². The van der Waals surface area contributed by atoms with Crippen LogP contribution in [0.5, 0.6) is 5.75 Å². The number of nitrogens with zero attached hydrogens (tertiary/aromatic N) is 2. The summed E-state index contributed by atoms with van der Waals surface area (Å²) in [5.41, 5.74) is 2.19. The van der Waals surface area contributed by atoms with E-state index in [-0.39, 0.29) is 5.78 Å². The van der Waals surface area contributed by atoms with E-state index in [4.69, 9.17) is 4.74 Å². The predicted molar refractivity (Wildman–Crippen MR) is 111 cm³/mol. The number of aromatic nitrogens is 1. The lowest BCUT2D eigenvalue weighted by Crippen LogP contribution is -2.49. The molecule has 0 saturated carbocycles. The molecule has 0 atom stereocenters. The van der Waals surface area contributed by atoms with Crippen LogP contribution >= 0.6 is 0 Å². The smallest absolute Gasteiger partial charge is 0.497 e. The Labute approximate surface area is 168 Å². The molecule has 0 saturated heterocycles. The predicted octanol–water partition coefficient (Wildman–Crippen LogP) is 4.77. The number of halogens is 2. The molecule has 4 nitrogen and oxygen atoms in total. The van der Waals surface area contributed by atoms with Gasteiger partial charge >= 0.3 is 6.97 Å². The number of benzene rings is 1. The lowest BCUT2D eigenvalue weighted by molar-refractivity contribution is -0.357. The molecule has 0 unspecified atom stereocenters. The van der Waals surface area contributed by atoms with Crippen molar-refractivity contribution < 1.29 is 22.6 Å². The molecule has 0 amide bonds. The van der Waals surface area contributed by atoms with E-state index in [1.807, 2.05) is 0 Å². The lowest BCUT2D eigenvalue weighted by atomic mass is 9.85. The SMILES string of the molecule is COc1ccc(-c2ccc3n2[B-](F)(F)[N+]2=CC(C(=O)C(C)(C)C)=C(C)C2=C3)cc1. The van der Waals surface area contributed by atoms with Gasteiger partial charge < -0.3 is 22.3 Å². The van der Waals surface area contributed by atoms with E-state index in [1.165, 1.54) is 6.21 Å². The number of hydrogen-bond donors (Lipinski definition) is 0. The highest BCUT2D eigenvalue weighted by molar-refractivity contribution is 6.58. The van der Waals surface area contributed by atoms with Crippen LogP contribution in [0.1, 0.15) is 33.4 Å². The largest absolute Gasteiger partial charge is 0.737 e. The van der Waals surface area contributed by atoms with Crippen molar-refractivity contribution in [3.05, 3.63) is 58.9 Å². The van der Waals surface area contributed by atoms with Crippen molar-refractivity contribution in [2.45, 2.75) is 27.7 Å². The van der Waals surface area contributed by atoms with Gasteiger partial charge in [-0.2, -0.15) is 0 Å². The zero-order valence-corrected chi connectivity index (χ0v) is 17.2. The van der Waals surface area contributed by atoms with Crippen LogP contribution in [0.15, 0.2) is 53.2 Å².